The molecule has 110 valence electrons. The van der Waals surface area contributed by atoms with E-state index < -0.39 is 0 Å². The summed E-state index contributed by atoms with van der Waals surface area (Å²) in [6, 6.07) is 5.46. The largest absolute Gasteiger partial charge is 0.378 e. The van der Waals surface area contributed by atoms with Crippen LogP contribution >= 0.6 is 0 Å². The molecule has 0 radical (unpaired) electrons. The number of anilines is 1. The van der Waals surface area contributed by atoms with Crippen molar-refractivity contribution < 1.29 is 9.53 Å². The van der Waals surface area contributed by atoms with Gasteiger partial charge < -0.3 is 15.4 Å². The maximum absolute atomic E-state index is 12.1. The second kappa shape index (κ2) is 6.47. The minimum absolute atomic E-state index is 0.0589. The van der Waals surface area contributed by atoms with Crippen LogP contribution in [0.15, 0.2) is 36.8 Å². The van der Waals surface area contributed by atoms with Gasteiger partial charge in [-0.25, -0.2) is 9.67 Å². The molecule has 2 N–H and O–H groups in total. The molecule has 3 heterocycles. The molecule has 2 aromatic rings. The molecule has 7 heteroatoms. The van der Waals surface area contributed by atoms with Gasteiger partial charge in [0.05, 0.1) is 18.9 Å². The van der Waals surface area contributed by atoms with Gasteiger partial charge in [-0.2, -0.15) is 5.10 Å². The third kappa shape index (κ3) is 3.45. The Labute approximate surface area is 122 Å². The highest BCUT2D eigenvalue weighted by Gasteiger charge is 2.18. The number of ether oxygens (including phenoxy) is 1. The molecule has 1 amide bonds. The molecule has 0 spiro atoms. The standard InChI is InChI=1S/C14H17N5O2/c20-13(9-11-10-21-8-6-15-11)18-12-3-1-4-16-14(12)19-7-2-5-17-19/h1-5,7,11,15H,6,8-10H2,(H,18,20). The summed E-state index contributed by atoms with van der Waals surface area (Å²) in [5.41, 5.74) is 0.642. The van der Waals surface area contributed by atoms with E-state index in [-0.39, 0.29) is 11.9 Å². The van der Waals surface area contributed by atoms with Gasteiger partial charge in [-0.1, -0.05) is 0 Å². The van der Waals surface area contributed by atoms with E-state index in [1.54, 1.807) is 29.3 Å². The average molecular weight is 287 g/mol. The summed E-state index contributed by atoms with van der Waals surface area (Å²) in [5.74, 6) is 0.531. The molecule has 7 nitrogen and oxygen atoms in total. The molecule has 1 aliphatic rings. The Morgan fingerprint density at radius 2 is 2.43 bits per heavy atom. The number of nitrogens with zero attached hydrogens (tertiary/aromatic N) is 3. The Morgan fingerprint density at radius 3 is 3.19 bits per heavy atom. The van der Waals surface area contributed by atoms with Crippen molar-refractivity contribution in [2.24, 2.45) is 0 Å². The Bertz CT molecular complexity index is 593. The molecule has 0 aliphatic carbocycles. The van der Waals surface area contributed by atoms with Gasteiger partial charge in [0.15, 0.2) is 5.82 Å². The second-order valence-corrected chi connectivity index (χ2v) is 4.80. The third-order valence-corrected chi connectivity index (χ3v) is 3.21. The highest BCUT2D eigenvalue weighted by Crippen LogP contribution is 2.16. The van der Waals surface area contributed by atoms with Gasteiger partial charge in [-0.05, 0) is 18.2 Å². The number of carbonyl (C=O) groups excluding carboxylic acids is 1. The fourth-order valence-electron chi connectivity index (χ4n) is 2.25. The molecule has 0 aromatic carbocycles. The first-order valence-electron chi connectivity index (χ1n) is 6.89. The summed E-state index contributed by atoms with van der Waals surface area (Å²) in [6.45, 7) is 2.04. The van der Waals surface area contributed by atoms with Crippen molar-refractivity contribution in [2.45, 2.75) is 12.5 Å². The Kier molecular flexibility index (Phi) is 4.23. The summed E-state index contributed by atoms with van der Waals surface area (Å²) in [7, 11) is 0. The monoisotopic (exact) mass is 287 g/mol. The number of amides is 1. The van der Waals surface area contributed by atoms with Crippen LogP contribution in [-0.2, 0) is 9.53 Å². The van der Waals surface area contributed by atoms with Crippen molar-refractivity contribution in [1.29, 1.82) is 0 Å². The average Bonchev–Trinajstić information content (AvgIpc) is 3.03. The minimum Gasteiger partial charge on any atom is -0.378 e. The Balaban J connectivity index is 1.68. The lowest BCUT2D eigenvalue weighted by molar-refractivity contribution is -0.117. The van der Waals surface area contributed by atoms with E-state index in [1.165, 1.54) is 0 Å². The van der Waals surface area contributed by atoms with Crippen LogP contribution in [-0.4, -0.2) is 46.5 Å². The van der Waals surface area contributed by atoms with Crippen LogP contribution < -0.4 is 10.6 Å². The normalized spacial score (nSPS) is 18.4. The summed E-state index contributed by atoms with van der Waals surface area (Å²) >= 11 is 0. The predicted molar refractivity (Wildman–Crippen MR) is 77.2 cm³/mol. The van der Waals surface area contributed by atoms with Crippen molar-refractivity contribution in [3.63, 3.8) is 0 Å². The topological polar surface area (TPSA) is 81.1 Å². The molecule has 1 saturated heterocycles. The van der Waals surface area contributed by atoms with Gasteiger partial charge in [-0.3, -0.25) is 4.79 Å². The summed E-state index contributed by atoms with van der Waals surface area (Å²) in [6.07, 6.45) is 5.49. The third-order valence-electron chi connectivity index (χ3n) is 3.21. The molecular formula is C14H17N5O2. The first-order valence-corrected chi connectivity index (χ1v) is 6.89. The van der Waals surface area contributed by atoms with E-state index in [2.05, 4.69) is 20.7 Å². The lowest BCUT2D eigenvalue weighted by atomic mass is 10.2. The maximum atomic E-state index is 12.1. The highest BCUT2D eigenvalue weighted by atomic mass is 16.5. The lowest BCUT2D eigenvalue weighted by Crippen LogP contribution is -2.43. The van der Waals surface area contributed by atoms with Gasteiger partial charge in [0.25, 0.3) is 0 Å². The Morgan fingerprint density at radius 1 is 1.48 bits per heavy atom. The van der Waals surface area contributed by atoms with Gasteiger partial charge in [0.2, 0.25) is 5.91 Å². The fourth-order valence-corrected chi connectivity index (χ4v) is 2.25. The molecular weight excluding hydrogens is 270 g/mol. The van der Waals surface area contributed by atoms with Crippen molar-refractivity contribution in [1.82, 2.24) is 20.1 Å². The van der Waals surface area contributed by atoms with Crippen molar-refractivity contribution in [3.8, 4) is 5.82 Å². The van der Waals surface area contributed by atoms with Crippen LogP contribution in [0.5, 0.6) is 0 Å². The molecule has 1 atom stereocenters. The number of carbonyl (C=O) groups is 1. The van der Waals surface area contributed by atoms with Crippen molar-refractivity contribution >= 4 is 11.6 Å². The highest BCUT2D eigenvalue weighted by molar-refractivity contribution is 5.92. The van der Waals surface area contributed by atoms with Crippen LogP contribution in [0.1, 0.15) is 6.42 Å². The van der Waals surface area contributed by atoms with E-state index in [9.17, 15) is 4.79 Å². The zero-order chi connectivity index (χ0) is 14.5. The van der Waals surface area contributed by atoms with Gasteiger partial charge in [0, 0.05) is 37.6 Å². The van der Waals surface area contributed by atoms with E-state index in [0.717, 1.165) is 6.54 Å². The van der Waals surface area contributed by atoms with Crippen LogP contribution in [0.2, 0.25) is 0 Å². The number of morpholine rings is 1. The van der Waals surface area contributed by atoms with Crippen LogP contribution in [0.3, 0.4) is 0 Å². The number of nitrogens with one attached hydrogen (secondary N) is 2. The van der Waals surface area contributed by atoms with Crippen molar-refractivity contribution in [2.75, 3.05) is 25.1 Å². The first-order chi connectivity index (χ1) is 10.3. The van der Waals surface area contributed by atoms with Gasteiger partial charge in [0.1, 0.15) is 0 Å². The molecule has 21 heavy (non-hydrogen) atoms. The number of rotatable bonds is 4. The van der Waals surface area contributed by atoms with E-state index >= 15 is 0 Å². The summed E-state index contributed by atoms with van der Waals surface area (Å²) in [4.78, 5) is 16.4. The fraction of sp³-hybridized carbons (Fsp3) is 0.357. The number of hydrogen-bond acceptors (Lipinski definition) is 5. The summed E-state index contributed by atoms with van der Waals surface area (Å²) < 4.78 is 6.97. The van der Waals surface area contributed by atoms with Crippen LogP contribution in [0, 0.1) is 0 Å². The number of pyridine rings is 1. The molecule has 0 saturated carbocycles. The molecule has 1 fully saturated rings. The summed E-state index contributed by atoms with van der Waals surface area (Å²) in [5, 5.41) is 10.3. The maximum Gasteiger partial charge on any atom is 0.226 e. The van der Waals surface area contributed by atoms with Crippen LogP contribution in [0.25, 0.3) is 5.82 Å². The lowest BCUT2D eigenvalue weighted by Gasteiger charge is -2.23. The molecule has 3 rings (SSSR count). The molecule has 1 aliphatic heterocycles. The van der Waals surface area contributed by atoms with E-state index in [4.69, 9.17) is 4.74 Å². The van der Waals surface area contributed by atoms with Crippen molar-refractivity contribution in [3.05, 3.63) is 36.8 Å². The minimum atomic E-state index is -0.0700. The molecule has 0 bridgehead atoms. The number of hydrogen-bond donors (Lipinski definition) is 2. The second-order valence-electron chi connectivity index (χ2n) is 4.80. The predicted octanol–water partition coefficient (Wildman–Crippen LogP) is 0.584. The van der Waals surface area contributed by atoms with Gasteiger partial charge >= 0.3 is 0 Å². The molecule has 1 unspecified atom stereocenters. The first kappa shape index (κ1) is 13.7. The molecule has 2 aromatic heterocycles. The number of aromatic nitrogens is 3. The SMILES string of the molecule is O=C(CC1COCCN1)Nc1cccnc1-n1cccn1. The smallest absolute Gasteiger partial charge is 0.226 e. The van der Waals surface area contributed by atoms with E-state index in [1.807, 2.05) is 12.1 Å². The zero-order valence-corrected chi connectivity index (χ0v) is 11.5. The van der Waals surface area contributed by atoms with Gasteiger partial charge in [-0.15, -0.1) is 0 Å². The zero-order valence-electron chi connectivity index (χ0n) is 11.5. The Hall–Kier alpha value is -2.25. The van der Waals surface area contributed by atoms with E-state index in [0.29, 0.717) is 31.1 Å². The van der Waals surface area contributed by atoms with Crippen LogP contribution in [0.4, 0.5) is 5.69 Å². The quantitative estimate of drug-likeness (QED) is 0.860.